The molecule has 0 bridgehead atoms. The van der Waals surface area contributed by atoms with Crippen molar-refractivity contribution in [2.24, 2.45) is 34.5 Å². The maximum absolute atomic E-state index is 18.0. The number of allylic oxidation sites excluding steroid dienone is 4. The Morgan fingerprint density at radius 2 is 2.03 bits per heavy atom. The van der Waals surface area contributed by atoms with Gasteiger partial charge in [-0.2, -0.15) is 0 Å². The molecule has 6 nitrogen and oxygen atoms in total. The van der Waals surface area contributed by atoms with Crippen LogP contribution in [0, 0.1) is 34.5 Å². The van der Waals surface area contributed by atoms with Crippen LogP contribution in [0.3, 0.4) is 0 Å². The third-order valence-electron chi connectivity index (χ3n) is 9.41. The average molecular weight is 539 g/mol. The molecule has 9 atom stereocenters. The fourth-order valence-electron chi connectivity index (χ4n) is 8.03. The molecular weight excluding hydrogens is 509 g/mol. The highest BCUT2D eigenvalue weighted by Gasteiger charge is 2.79. The standard InChI is InChI=1S/C27H29F3O6S/c1-14-9-16-17-11-19(29)18-10-15(31)6-7-25(18,3)27(17,30)26(33,36-22(32)20-5-4-8-34-20)12-24(16,2)21(14)23(37)35-13-28/h4-8,10,14,16-17,19,21,33H,9,11-13H2,1-3H3/t14-,16+,17+,19+,21-,24+,25+,26-,27-/m1/s1. The number of ether oxygens (including phenoxy) is 2. The van der Waals surface area contributed by atoms with Gasteiger partial charge in [-0.25, -0.2) is 18.0 Å². The number of furan rings is 1. The first-order chi connectivity index (χ1) is 17.3. The Morgan fingerprint density at radius 3 is 2.68 bits per heavy atom. The second kappa shape index (κ2) is 8.53. The van der Waals surface area contributed by atoms with E-state index in [4.69, 9.17) is 26.1 Å². The van der Waals surface area contributed by atoms with Crippen molar-refractivity contribution >= 4 is 29.0 Å². The Hall–Kier alpha value is -2.46. The number of aliphatic hydroxyl groups is 1. The summed E-state index contributed by atoms with van der Waals surface area (Å²) in [4.78, 5) is 25.2. The molecule has 4 aliphatic carbocycles. The van der Waals surface area contributed by atoms with E-state index in [1.807, 2.05) is 6.92 Å². The van der Waals surface area contributed by atoms with Crippen LogP contribution in [-0.2, 0) is 14.3 Å². The summed E-state index contributed by atoms with van der Waals surface area (Å²) in [7, 11) is 0. The zero-order valence-electron chi connectivity index (χ0n) is 20.7. The fourth-order valence-corrected chi connectivity index (χ4v) is 8.57. The van der Waals surface area contributed by atoms with E-state index < -0.39 is 71.2 Å². The van der Waals surface area contributed by atoms with E-state index in [9.17, 15) is 19.1 Å². The Morgan fingerprint density at radius 1 is 1.30 bits per heavy atom. The van der Waals surface area contributed by atoms with Crippen molar-refractivity contribution in [3.63, 3.8) is 0 Å². The van der Waals surface area contributed by atoms with Crippen LogP contribution in [-0.4, -0.2) is 46.4 Å². The Bertz CT molecular complexity index is 1200. The van der Waals surface area contributed by atoms with Crippen LogP contribution in [0.15, 0.2) is 46.6 Å². The van der Waals surface area contributed by atoms with Gasteiger partial charge in [0.2, 0.25) is 18.4 Å². The number of hydrogen-bond donors (Lipinski definition) is 1. The number of carbonyl (C=O) groups is 2. The van der Waals surface area contributed by atoms with Gasteiger partial charge in [0, 0.05) is 18.3 Å². The Labute approximate surface area is 217 Å². The first-order valence-corrected chi connectivity index (χ1v) is 12.7. The normalized spacial score (nSPS) is 44.4. The van der Waals surface area contributed by atoms with E-state index in [0.29, 0.717) is 6.42 Å². The minimum atomic E-state index is -2.78. The van der Waals surface area contributed by atoms with E-state index in [2.05, 4.69) is 0 Å². The van der Waals surface area contributed by atoms with Gasteiger partial charge in [0.15, 0.2) is 16.5 Å². The minimum absolute atomic E-state index is 0.0198. The molecule has 0 spiro atoms. The quantitative estimate of drug-likeness (QED) is 0.320. The number of esters is 1. The molecule has 5 rings (SSSR count). The van der Waals surface area contributed by atoms with Gasteiger partial charge in [-0.3, -0.25) is 4.79 Å². The van der Waals surface area contributed by atoms with Gasteiger partial charge in [-0.15, -0.1) is 0 Å². The summed E-state index contributed by atoms with van der Waals surface area (Å²) < 4.78 is 62.7. The molecule has 4 aliphatic rings. The molecule has 0 saturated heterocycles. The van der Waals surface area contributed by atoms with Crippen molar-refractivity contribution in [2.45, 2.75) is 57.7 Å². The van der Waals surface area contributed by atoms with Gasteiger partial charge >= 0.3 is 5.97 Å². The zero-order valence-corrected chi connectivity index (χ0v) is 21.5. The van der Waals surface area contributed by atoms with Gasteiger partial charge in [0.1, 0.15) is 6.17 Å². The van der Waals surface area contributed by atoms with Crippen LogP contribution in [0.25, 0.3) is 0 Å². The smallest absolute Gasteiger partial charge is 0.376 e. The predicted molar refractivity (Wildman–Crippen MR) is 129 cm³/mol. The van der Waals surface area contributed by atoms with Crippen LogP contribution < -0.4 is 0 Å². The van der Waals surface area contributed by atoms with Crippen LogP contribution in [0.5, 0.6) is 0 Å². The molecule has 37 heavy (non-hydrogen) atoms. The largest absolute Gasteiger partial charge is 0.457 e. The number of rotatable bonds is 4. The molecule has 1 N–H and O–H groups in total. The summed E-state index contributed by atoms with van der Waals surface area (Å²) in [5.41, 5.74) is -5.63. The van der Waals surface area contributed by atoms with Crippen molar-refractivity contribution in [1.82, 2.24) is 0 Å². The maximum atomic E-state index is 18.0. The lowest BCUT2D eigenvalue weighted by Gasteiger charge is -2.65. The second-order valence-electron chi connectivity index (χ2n) is 11.3. The number of alkyl halides is 3. The molecule has 3 saturated carbocycles. The summed E-state index contributed by atoms with van der Waals surface area (Å²) >= 11 is 5.39. The topological polar surface area (TPSA) is 86.0 Å². The molecule has 200 valence electrons. The van der Waals surface area contributed by atoms with Gasteiger partial charge in [-0.1, -0.05) is 19.9 Å². The van der Waals surface area contributed by atoms with Crippen molar-refractivity contribution in [3.8, 4) is 0 Å². The molecule has 0 amide bonds. The highest BCUT2D eigenvalue weighted by Crippen LogP contribution is 2.73. The third-order valence-corrected chi connectivity index (χ3v) is 9.78. The minimum Gasteiger partial charge on any atom is -0.457 e. The van der Waals surface area contributed by atoms with Crippen molar-refractivity contribution < 1.29 is 41.8 Å². The van der Waals surface area contributed by atoms with Crippen LogP contribution in [0.1, 0.15) is 50.6 Å². The lowest BCUT2D eigenvalue weighted by Crippen LogP contribution is -2.75. The monoisotopic (exact) mass is 538 g/mol. The SMILES string of the molecule is C[C@@H]1C[C@H]2[C@@H]3C[C@H](F)C4=CC(=O)C=C[C@]4(C)[C@@]3(F)[C@](O)(OC(=O)c3ccco3)C[C@]2(C)[C@H]1C(=S)OCF. The first-order valence-electron chi connectivity index (χ1n) is 12.3. The molecule has 1 heterocycles. The summed E-state index contributed by atoms with van der Waals surface area (Å²) in [6.07, 6.45) is 2.72. The number of thiocarbonyl (C=S) groups is 1. The van der Waals surface area contributed by atoms with Crippen molar-refractivity contribution in [3.05, 3.63) is 48.0 Å². The number of carbonyl (C=O) groups excluding carboxylic acids is 2. The van der Waals surface area contributed by atoms with E-state index in [-0.39, 0.29) is 28.7 Å². The third kappa shape index (κ3) is 3.44. The average Bonchev–Trinajstić information content (AvgIpc) is 3.44. The predicted octanol–water partition coefficient (Wildman–Crippen LogP) is 5.22. The highest BCUT2D eigenvalue weighted by molar-refractivity contribution is 7.80. The number of halogens is 3. The number of hydrogen-bond acceptors (Lipinski definition) is 7. The van der Waals surface area contributed by atoms with E-state index >= 15 is 8.78 Å². The number of fused-ring (bicyclic) bond motifs is 5. The summed E-state index contributed by atoms with van der Waals surface area (Å²) in [5.74, 6) is -7.04. The van der Waals surface area contributed by atoms with Crippen molar-refractivity contribution in [1.29, 1.82) is 0 Å². The van der Waals surface area contributed by atoms with Crippen LogP contribution >= 0.6 is 12.2 Å². The maximum Gasteiger partial charge on any atom is 0.376 e. The molecular formula is C27H29F3O6S. The molecule has 10 heteroatoms. The highest BCUT2D eigenvalue weighted by atomic mass is 32.1. The summed E-state index contributed by atoms with van der Waals surface area (Å²) in [6, 6.07) is 2.76. The Kier molecular flexibility index (Phi) is 6.03. The van der Waals surface area contributed by atoms with Crippen LogP contribution in [0.4, 0.5) is 13.2 Å². The number of ketones is 1. The fraction of sp³-hybridized carbons (Fsp3) is 0.593. The lowest BCUT2D eigenvalue weighted by molar-refractivity contribution is -0.338. The molecule has 0 aliphatic heterocycles. The summed E-state index contributed by atoms with van der Waals surface area (Å²) in [5, 5.41) is 12.2. The molecule has 1 aromatic rings. The molecule has 1 aromatic heterocycles. The van der Waals surface area contributed by atoms with Gasteiger partial charge in [0.05, 0.1) is 11.7 Å². The Balaban J connectivity index is 1.69. The molecule has 3 fully saturated rings. The molecule has 0 radical (unpaired) electrons. The lowest BCUT2D eigenvalue weighted by atomic mass is 9.43. The van der Waals surface area contributed by atoms with Gasteiger partial charge < -0.3 is 19.0 Å². The molecule has 0 unspecified atom stereocenters. The van der Waals surface area contributed by atoms with E-state index in [0.717, 1.165) is 12.2 Å². The van der Waals surface area contributed by atoms with Gasteiger partial charge in [0.25, 0.3) is 0 Å². The zero-order chi connectivity index (χ0) is 27.0. The first kappa shape index (κ1) is 26.2. The van der Waals surface area contributed by atoms with E-state index in [1.165, 1.54) is 31.4 Å². The van der Waals surface area contributed by atoms with Gasteiger partial charge in [-0.05, 0) is 79.1 Å². The van der Waals surface area contributed by atoms with E-state index in [1.54, 1.807) is 6.92 Å². The van der Waals surface area contributed by atoms with Crippen molar-refractivity contribution in [2.75, 3.05) is 6.86 Å². The molecule has 0 aromatic carbocycles. The van der Waals surface area contributed by atoms with Crippen LogP contribution in [0.2, 0.25) is 0 Å². The second-order valence-corrected chi connectivity index (χ2v) is 11.7. The summed E-state index contributed by atoms with van der Waals surface area (Å²) in [6.45, 7) is 3.92.